The van der Waals surface area contributed by atoms with E-state index in [1.165, 1.54) is 12.2 Å². The third-order valence-corrected chi connectivity index (χ3v) is 4.26. The lowest BCUT2D eigenvalue weighted by Gasteiger charge is -2.29. The predicted octanol–water partition coefficient (Wildman–Crippen LogP) is 2.48. The van der Waals surface area contributed by atoms with Crippen LogP contribution in [0.4, 0.5) is 0 Å². The smallest absolute Gasteiger partial charge is 0.330 e. The molecule has 0 aromatic heterocycles. The normalized spacial score (nSPS) is 14.1. The van der Waals surface area contributed by atoms with Crippen molar-refractivity contribution in [3.05, 3.63) is 24.3 Å². The number of hydrogen-bond donors (Lipinski definition) is 0. The van der Waals surface area contributed by atoms with Crippen LogP contribution in [0.2, 0.25) is 0 Å². The van der Waals surface area contributed by atoms with E-state index < -0.39 is 0 Å². The Labute approximate surface area is 149 Å². The minimum absolute atomic E-state index is 0.102. The van der Waals surface area contributed by atoms with Crippen LogP contribution in [0.15, 0.2) is 24.3 Å². The second-order valence-electron chi connectivity index (χ2n) is 6.10. The number of esters is 2. The van der Waals surface area contributed by atoms with Crippen LogP contribution >= 0.6 is 0 Å². The van der Waals surface area contributed by atoms with E-state index in [0.29, 0.717) is 13.2 Å². The van der Waals surface area contributed by atoms with Crippen molar-refractivity contribution in [3.8, 4) is 0 Å². The van der Waals surface area contributed by atoms with Crippen molar-refractivity contribution < 1.29 is 23.5 Å². The molecule has 0 spiro atoms. The van der Waals surface area contributed by atoms with Gasteiger partial charge < -0.3 is 13.9 Å². The molecule has 0 N–H and O–H groups in total. The first-order valence-electron chi connectivity index (χ1n) is 8.55. The molecule has 24 heavy (non-hydrogen) atoms. The van der Waals surface area contributed by atoms with E-state index in [2.05, 4.69) is 6.92 Å². The number of rotatable bonds is 13. The van der Waals surface area contributed by atoms with Crippen LogP contribution in [-0.2, 0) is 23.5 Å². The van der Waals surface area contributed by atoms with Crippen molar-refractivity contribution in [2.24, 2.45) is 5.41 Å². The van der Waals surface area contributed by atoms with Crippen molar-refractivity contribution >= 4 is 22.4 Å². The minimum atomic E-state index is -0.294. The number of ether oxygens (including phenoxy) is 2. The van der Waals surface area contributed by atoms with E-state index in [1.807, 2.05) is 0 Å². The van der Waals surface area contributed by atoms with Crippen LogP contribution in [0, 0.1) is 5.41 Å². The highest BCUT2D eigenvalue weighted by Gasteiger charge is 2.23. The van der Waals surface area contributed by atoms with Gasteiger partial charge in [-0.05, 0) is 51.4 Å². The van der Waals surface area contributed by atoms with Crippen molar-refractivity contribution in [2.45, 2.75) is 52.9 Å². The van der Waals surface area contributed by atoms with Crippen molar-refractivity contribution in [1.82, 2.24) is 0 Å². The average Bonchev–Trinajstić information content (AvgIpc) is 2.55. The van der Waals surface area contributed by atoms with Crippen molar-refractivity contribution in [1.29, 1.82) is 0 Å². The van der Waals surface area contributed by atoms with Crippen LogP contribution in [0.3, 0.4) is 0 Å². The standard InChI is InChI=1S/C18H32O5Si/c1-4-8-16(19)21-13-6-10-18(3,12-15-23-24)11-7-14-22-17(20)9-5-2/h4-5,8-9H,6-7,10-15H2,1-3,24H3. The Morgan fingerprint density at radius 2 is 1.33 bits per heavy atom. The summed E-state index contributed by atoms with van der Waals surface area (Å²) in [6.45, 7) is 7.40. The molecule has 6 heteroatoms. The fourth-order valence-corrected chi connectivity index (χ4v) is 2.64. The molecule has 0 aliphatic carbocycles. The van der Waals surface area contributed by atoms with E-state index in [-0.39, 0.29) is 17.4 Å². The molecule has 138 valence electrons. The van der Waals surface area contributed by atoms with Gasteiger partial charge in [0.25, 0.3) is 0 Å². The van der Waals surface area contributed by atoms with E-state index in [4.69, 9.17) is 13.9 Å². The summed E-state index contributed by atoms with van der Waals surface area (Å²) >= 11 is 0. The first-order chi connectivity index (χ1) is 11.5. The number of hydrogen-bond acceptors (Lipinski definition) is 5. The highest BCUT2D eigenvalue weighted by molar-refractivity contribution is 5.97. The van der Waals surface area contributed by atoms with Gasteiger partial charge in [-0.3, -0.25) is 0 Å². The van der Waals surface area contributed by atoms with Crippen molar-refractivity contribution in [2.75, 3.05) is 19.8 Å². The molecule has 0 rings (SSSR count). The summed E-state index contributed by atoms with van der Waals surface area (Å²) in [6, 6.07) is 0. The summed E-state index contributed by atoms with van der Waals surface area (Å²) in [5.74, 6) is -0.587. The van der Waals surface area contributed by atoms with E-state index in [0.717, 1.165) is 49.2 Å². The van der Waals surface area contributed by atoms with Gasteiger partial charge in [-0.2, -0.15) is 0 Å². The molecule has 0 saturated carbocycles. The Balaban J connectivity index is 4.19. The van der Waals surface area contributed by atoms with Gasteiger partial charge in [-0.15, -0.1) is 0 Å². The molecule has 0 aliphatic rings. The second-order valence-corrected chi connectivity index (χ2v) is 6.67. The molecule has 0 heterocycles. The maximum Gasteiger partial charge on any atom is 0.330 e. The van der Waals surface area contributed by atoms with E-state index >= 15 is 0 Å². The first kappa shape index (κ1) is 22.6. The molecule has 0 saturated heterocycles. The molecule has 0 amide bonds. The van der Waals surface area contributed by atoms with E-state index in [1.54, 1.807) is 26.0 Å². The predicted molar refractivity (Wildman–Crippen MR) is 98.6 cm³/mol. The van der Waals surface area contributed by atoms with Gasteiger partial charge in [0, 0.05) is 18.8 Å². The molecule has 0 unspecified atom stereocenters. The molecular weight excluding hydrogens is 324 g/mol. The fourth-order valence-electron chi connectivity index (χ4n) is 2.44. The van der Waals surface area contributed by atoms with Gasteiger partial charge in [-0.25, -0.2) is 9.59 Å². The summed E-state index contributed by atoms with van der Waals surface area (Å²) in [7, 11) is 0.736. The molecule has 0 atom stereocenters. The minimum Gasteiger partial charge on any atom is -0.463 e. The Morgan fingerprint density at radius 1 is 0.875 bits per heavy atom. The molecule has 0 aromatic carbocycles. The molecule has 0 radical (unpaired) electrons. The zero-order chi connectivity index (χ0) is 18.3. The third-order valence-electron chi connectivity index (χ3n) is 3.85. The Kier molecular flexibility index (Phi) is 13.2. The Bertz CT molecular complexity index is 386. The lowest BCUT2D eigenvalue weighted by Crippen LogP contribution is -2.21. The lowest BCUT2D eigenvalue weighted by atomic mass is 9.78. The summed E-state index contributed by atoms with van der Waals surface area (Å²) in [6.07, 6.45) is 10.7. The van der Waals surface area contributed by atoms with Gasteiger partial charge in [0.15, 0.2) is 0 Å². The SMILES string of the molecule is CC=CC(=O)OCCCC(C)(CCCOC(=O)C=CC)CCO[SiH3]. The maximum absolute atomic E-state index is 11.3. The van der Waals surface area contributed by atoms with Gasteiger partial charge in [0.2, 0.25) is 0 Å². The van der Waals surface area contributed by atoms with Crippen LogP contribution in [0.25, 0.3) is 0 Å². The molecular formula is C18H32O5Si. The van der Waals surface area contributed by atoms with Crippen LogP contribution in [0.1, 0.15) is 52.9 Å². The topological polar surface area (TPSA) is 61.8 Å². The molecule has 0 aromatic rings. The molecule has 0 bridgehead atoms. The Morgan fingerprint density at radius 3 is 1.71 bits per heavy atom. The lowest BCUT2D eigenvalue weighted by molar-refractivity contribution is -0.138. The highest BCUT2D eigenvalue weighted by atomic mass is 28.2. The third kappa shape index (κ3) is 12.1. The number of carbonyl (C=O) groups is 2. The summed E-state index contributed by atoms with van der Waals surface area (Å²) < 4.78 is 15.6. The fraction of sp³-hybridized carbons (Fsp3) is 0.667. The summed E-state index contributed by atoms with van der Waals surface area (Å²) in [4.78, 5) is 22.6. The zero-order valence-electron chi connectivity index (χ0n) is 15.5. The highest BCUT2D eigenvalue weighted by Crippen LogP contribution is 2.33. The number of carbonyl (C=O) groups excluding carboxylic acids is 2. The van der Waals surface area contributed by atoms with Gasteiger partial charge in [-0.1, -0.05) is 19.1 Å². The van der Waals surface area contributed by atoms with Crippen LogP contribution < -0.4 is 0 Å². The summed E-state index contributed by atoms with van der Waals surface area (Å²) in [5.41, 5.74) is 0.102. The van der Waals surface area contributed by atoms with E-state index in [9.17, 15) is 9.59 Å². The van der Waals surface area contributed by atoms with Crippen LogP contribution in [-0.4, -0.2) is 42.2 Å². The zero-order valence-corrected chi connectivity index (χ0v) is 17.5. The van der Waals surface area contributed by atoms with Crippen LogP contribution in [0.5, 0.6) is 0 Å². The maximum atomic E-state index is 11.3. The van der Waals surface area contributed by atoms with Crippen molar-refractivity contribution in [3.63, 3.8) is 0 Å². The van der Waals surface area contributed by atoms with Gasteiger partial charge in [0.1, 0.15) is 10.5 Å². The average molecular weight is 357 g/mol. The quantitative estimate of drug-likeness (QED) is 0.220. The number of allylic oxidation sites excluding steroid dienone is 2. The monoisotopic (exact) mass is 356 g/mol. The first-order valence-corrected chi connectivity index (χ1v) is 9.37. The Hall–Kier alpha value is -1.40. The van der Waals surface area contributed by atoms with Gasteiger partial charge >= 0.3 is 11.9 Å². The van der Waals surface area contributed by atoms with Gasteiger partial charge in [0.05, 0.1) is 13.2 Å². The largest absolute Gasteiger partial charge is 0.463 e. The molecule has 0 aliphatic heterocycles. The second kappa shape index (κ2) is 14.0. The molecule has 5 nitrogen and oxygen atoms in total. The summed E-state index contributed by atoms with van der Waals surface area (Å²) in [5, 5.41) is 0. The molecule has 0 fully saturated rings.